The molecule has 0 fully saturated rings. The molecule has 4 aliphatic carbocycles. The van der Waals surface area contributed by atoms with Crippen LogP contribution in [-0.4, -0.2) is 48.9 Å². The van der Waals surface area contributed by atoms with Crippen LogP contribution in [0.5, 0.6) is 0 Å². The van der Waals surface area contributed by atoms with E-state index in [0.717, 1.165) is 51.4 Å². The summed E-state index contributed by atoms with van der Waals surface area (Å²) in [5.41, 5.74) is 5.89. The van der Waals surface area contributed by atoms with Gasteiger partial charge >= 0.3 is 5.97 Å². The van der Waals surface area contributed by atoms with Gasteiger partial charge in [-0.1, -0.05) is 67.0 Å². The summed E-state index contributed by atoms with van der Waals surface area (Å²) < 4.78 is 11.2. The molecule has 2 unspecified atom stereocenters. The summed E-state index contributed by atoms with van der Waals surface area (Å²) in [5.74, 6) is 0.0356. The van der Waals surface area contributed by atoms with Gasteiger partial charge in [-0.05, 0) is 107 Å². The predicted octanol–water partition coefficient (Wildman–Crippen LogP) is 7.54. The van der Waals surface area contributed by atoms with E-state index < -0.39 is 18.2 Å². The molecule has 0 bridgehead atoms. The monoisotopic (exact) mass is 577 g/mol. The van der Waals surface area contributed by atoms with Crippen molar-refractivity contribution in [3.8, 4) is 0 Å². The summed E-state index contributed by atoms with van der Waals surface area (Å²) in [6, 6.07) is 0. The maximum absolute atomic E-state index is 12.2. The lowest BCUT2D eigenvalue weighted by molar-refractivity contribution is -0.162. The van der Waals surface area contributed by atoms with Crippen molar-refractivity contribution >= 4 is 11.9 Å². The molecule has 0 aliphatic heterocycles. The van der Waals surface area contributed by atoms with Crippen molar-refractivity contribution in [2.45, 2.75) is 109 Å². The number of ether oxygens (including phenoxy) is 2. The zero-order chi connectivity index (χ0) is 29.6. The number of hydrogen-bond donors (Lipinski definition) is 2. The van der Waals surface area contributed by atoms with Crippen LogP contribution in [0.3, 0.4) is 0 Å². The number of nitrogens with one attached hydrogen (secondary N) is 1. The SMILES string of the molecule is C[C@H](OCC(=O)NCCCCCC1=CC2=CCCCC2C=C1)[C@@H](OCCCCCC1=CC=C2C=CCCC2C1)C(=O)O. The summed E-state index contributed by atoms with van der Waals surface area (Å²) in [4.78, 5) is 24.0. The molecule has 0 radical (unpaired) electrons. The summed E-state index contributed by atoms with van der Waals surface area (Å²) in [6.07, 6.45) is 32.2. The average Bonchev–Trinajstić information content (AvgIpc) is 3.00. The number of carbonyl (C=O) groups is 2. The number of aliphatic carboxylic acids is 1. The van der Waals surface area contributed by atoms with E-state index in [1.165, 1.54) is 60.8 Å². The zero-order valence-electron chi connectivity index (χ0n) is 25.5. The van der Waals surface area contributed by atoms with Crippen LogP contribution in [0, 0.1) is 11.8 Å². The lowest BCUT2D eigenvalue weighted by atomic mass is 9.80. The molecule has 0 aromatic carbocycles. The smallest absolute Gasteiger partial charge is 0.335 e. The van der Waals surface area contributed by atoms with E-state index in [1.54, 1.807) is 6.92 Å². The number of carbonyl (C=O) groups excluding carboxylic acids is 1. The fourth-order valence-corrected chi connectivity index (χ4v) is 6.42. The minimum atomic E-state index is -1.08. The van der Waals surface area contributed by atoms with Crippen LogP contribution in [0.1, 0.15) is 96.8 Å². The zero-order valence-corrected chi connectivity index (χ0v) is 25.5. The molecule has 6 nitrogen and oxygen atoms in total. The fraction of sp³-hybridized carbons (Fsp3) is 0.611. The first-order valence-electron chi connectivity index (χ1n) is 16.4. The normalized spacial score (nSPS) is 22.6. The van der Waals surface area contributed by atoms with Crippen LogP contribution >= 0.6 is 0 Å². The van der Waals surface area contributed by atoms with Gasteiger partial charge in [0.25, 0.3) is 0 Å². The Labute approximate surface area is 252 Å². The second-order valence-corrected chi connectivity index (χ2v) is 12.3. The molecule has 0 aromatic rings. The van der Waals surface area contributed by atoms with Crippen molar-refractivity contribution in [1.82, 2.24) is 5.32 Å². The fourth-order valence-electron chi connectivity index (χ4n) is 6.42. The Balaban J connectivity index is 1.01. The largest absolute Gasteiger partial charge is 0.479 e. The molecule has 0 saturated heterocycles. The van der Waals surface area contributed by atoms with E-state index in [-0.39, 0.29) is 12.5 Å². The molecule has 42 heavy (non-hydrogen) atoms. The minimum Gasteiger partial charge on any atom is -0.479 e. The molecule has 6 heteroatoms. The molecular weight excluding hydrogens is 526 g/mol. The van der Waals surface area contributed by atoms with Crippen molar-refractivity contribution < 1.29 is 24.2 Å². The van der Waals surface area contributed by atoms with Gasteiger partial charge in [-0.3, -0.25) is 4.79 Å². The third kappa shape index (κ3) is 10.5. The molecule has 4 rings (SSSR count). The molecule has 4 atom stereocenters. The molecule has 2 N–H and O–H groups in total. The highest BCUT2D eigenvalue weighted by Crippen LogP contribution is 2.35. The first-order valence-corrected chi connectivity index (χ1v) is 16.4. The van der Waals surface area contributed by atoms with E-state index in [4.69, 9.17) is 9.47 Å². The number of amides is 1. The molecule has 4 aliphatic rings. The summed E-state index contributed by atoms with van der Waals surface area (Å²) in [6.45, 7) is 2.47. The van der Waals surface area contributed by atoms with E-state index in [0.29, 0.717) is 25.0 Å². The second-order valence-electron chi connectivity index (χ2n) is 12.3. The lowest BCUT2D eigenvalue weighted by Gasteiger charge is -2.25. The first-order chi connectivity index (χ1) is 20.5. The van der Waals surface area contributed by atoms with Crippen LogP contribution < -0.4 is 5.32 Å². The number of allylic oxidation sites excluding steroid dienone is 12. The van der Waals surface area contributed by atoms with Gasteiger partial charge in [-0.15, -0.1) is 0 Å². The van der Waals surface area contributed by atoms with E-state index in [2.05, 4.69) is 53.9 Å². The molecule has 0 spiro atoms. The minimum absolute atomic E-state index is 0.162. The van der Waals surface area contributed by atoms with E-state index >= 15 is 0 Å². The van der Waals surface area contributed by atoms with Crippen LogP contribution in [0.25, 0.3) is 0 Å². The Morgan fingerprint density at radius 1 is 0.976 bits per heavy atom. The molecule has 0 saturated carbocycles. The molecule has 1 amide bonds. The summed E-state index contributed by atoms with van der Waals surface area (Å²) >= 11 is 0. The van der Waals surface area contributed by atoms with Gasteiger partial charge < -0.3 is 19.9 Å². The van der Waals surface area contributed by atoms with Gasteiger partial charge in [0.15, 0.2) is 6.10 Å². The topological polar surface area (TPSA) is 84.9 Å². The van der Waals surface area contributed by atoms with E-state index in [9.17, 15) is 14.7 Å². The maximum Gasteiger partial charge on any atom is 0.335 e. The van der Waals surface area contributed by atoms with Gasteiger partial charge in [-0.25, -0.2) is 4.79 Å². The number of unbranched alkanes of at least 4 members (excludes halogenated alkanes) is 4. The second kappa shape index (κ2) is 17.4. The maximum atomic E-state index is 12.2. The summed E-state index contributed by atoms with van der Waals surface area (Å²) in [5, 5.41) is 12.5. The molecule has 230 valence electrons. The van der Waals surface area contributed by atoms with Crippen molar-refractivity contribution in [1.29, 1.82) is 0 Å². The van der Waals surface area contributed by atoms with E-state index in [1.807, 2.05) is 0 Å². The van der Waals surface area contributed by atoms with Crippen molar-refractivity contribution in [2.75, 3.05) is 19.8 Å². The lowest BCUT2D eigenvalue weighted by Crippen LogP contribution is -2.39. The Bertz CT molecular complexity index is 1090. The quantitative estimate of drug-likeness (QED) is 0.164. The predicted molar refractivity (Wildman–Crippen MR) is 168 cm³/mol. The van der Waals surface area contributed by atoms with Gasteiger partial charge in [0.1, 0.15) is 6.61 Å². The highest BCUT2D eigenvalue weighted by molar-refractivity contribution is 5.77. The Hall–Kier alpha value is -2.70. The number of hydrogen-bond acceptors (Lipinski definition) is 4. The van der Waals surface area contributed by atoms with Crippen molar-refractivity contribution in [2.24, 2.45) is 11.8 Å². The average molecular weight is 578 g/mol. The number of carboxylic acids is 1. The van der Waals surface area contributed by atoms with Crippen LogP contribution in [0.15, 0.2) is 70.9 Å². The third-order valence-corrected chi connectivity index (χ3v) is 8.96. The van der Waals surface area contributed by atoms with Crippen LogP contribution in [0.4, 0.5) is 0 Å². The van der Waals surface area contributed by atoms with Gasteiger partial charge in [0, 0.05) is 19.1 Å². The van der Waals surface area contributed by atoms with Crippen LogP contribution in [0.2, 0.25) is 0 Å². The number of rotatable bonds is 18. The summed E-state index contributed by atoms with van der Waals surface area (Å²) in [7, 11) is 0. The van der Waals surface area contributed by atoms with Crippen LogP contribution in [-0.2, 0) is 19.1 Å². The molecule has 0 aromatic heterocycles. The standard InChI is InChI=1S/C36H51NO5/c1-27(35(36(39)40)41-23-11-3-5-13-29-19-21-31-15-7-9-17-33(31)25-29)42-26-34(38)37-22-10-2-4-12-28-18-20-30-14-6-8-16-32(30)24-28/h7,15-16,18-21,24,27,30,33,35H,2-6,8-14,17,22-23,25-26H2,1H3,(H,37,38)(H,39,40)/t27-,30?,33?,35+/m0/s1. The van der Waals surface area contributed by atoms with Gasteiger partial charge in [-0.2, -0.15) is 0 Å². The molecule has 0 heterocycles. The van der Waals surface area contributed by atoms with Gasteiger partial charge in [0.2, 0.25) is 5.91 Å². The first kappa shape index (κ1) is 32.2. The Morgan fingerprint density at radius 2 is 1.83 bits per heavy atom. The highest BCUT2D eigenvalue weighted by Gasteiger charge is 2.27. The third-order valence-electron chi connectivity index (χ3n) is 8.96. The van der Waals surface area contributed by atoms with Crippen molar-refractivity contribution in [3.63, 3.8) is 0 Å². The number of carboxylic acid groups (broad SMARTS) is 1. The Kier molecular flexibility index (Phi) is 13.4. The van der Waals surface area contributed by atoms with Crippen molar-refractivity contribution in [3.05, 3.63) is 70.9 Å². The number of fused-ring (bicyclic) bond motifs is 2. The highest BCUT2D eigenvalue weighted by atomic mass is 16.6. The Morgan fingerprint density at radius 3 is 2.71 bits per heavy atom. The molecular formula is C36H51NO5. The van der Waals surface area contributed by atoms with Gasteiger partial charge in [0.05, 0.1) is 6.10 Å².